The maximum Gasteiger partial charge on any atom is 0.229 e. The van der Waals surface area contributed by atoms with Crippen molar-refractivity contribution in [1.82, 2.24) is 9.88 Å². The Hall–Kier alpha value is -1.96. The van der Waals surface area contributed by atoms with E-state index in [0.717, 1.165) is 26.8 Å². The Morgan fingerprint density at radius 3 is 2.61 bits per heavy atom. The molecule has 0 N–H and O–H groups in total. The Morgan fingerprint density at radius 1 is 1.14 bits per heavy atom. The summed E-state index contributed by atoms with van der Waals surface area (Å²) in [6.45, 7) is 3.43. The molecule has 1 aromatic heterocycles. The largest absolute Gasteiger partial charge is 0.308 e. The number of benzene rings is 2. The van der Waals surface area contributed by atoms with Gasteiger partial charge in [-0.15, -0.1) is 11.8 Å². The van der Waals surface area contributed by atoms with E-state index in [0.29, 0.717) is 18.7 Å². The van der Waals surface area contributed by atoms with Gasteiger partial charge in [-0.3, -0.25) is 9.69 Å². The van der Waals surface area contributed by atoms with E-state index in [-0.39, 0.29) is 11.7 Å². The molecule has 7 heteroatoms. The maximum atomic E-state index is 13.0. The van der Waals surface area contributed by atoms with Gasteiger partial charge in [-0.25, -0.2) is 9.37 Å². The molecular formula is C21H24FN3OS2. The molecule has 0 aliphatic heterocycles. The Kier molecular flexibility index (Phi) is 7.04. The first-order valence-electron chi connectivity index (χ1n) is 9.13. The average molecular weight is 418 g/mol. The first kappa shape index (κ1) is 20.8. The second-order valence-electron chi connectivity index (χ2n) is 6.87. The summed E-state index contributed by atoms with van der Waals surface area (Å²) in [5, 5.41) is 0.749. The number of rotatable bonds is 8. The van der Waals surface area contributed by atoms with Gasteiger partial charge in [-0.1, -0.05) is 17.4 Å². The summed E-state index contributed by atoms with van der Waals surface area (Å²) in [5.41, 5.74) is 2.11. The third kappa shape index (κ3) is 5.53. The van der Waals surface area contributed by atoms with Crippen LogP contribution in [-0.4, -0.2) is 48.7 Å². The van der Waals surface area contributed by atoms with E-state index in [1.165, 1.54) is 17.7 Å². The van der Waals surface area contributed by atoms with Crippen molar-refractivity contribution in [3.8, 4) is 0 Å². The van der Waals surface area contributed by atoms with Crippen molar-refractivity contribution in [2.75, 3.05) is 37.8 Å². The predicted molar refractivity (Wildman–Crippen MR) is 117 cm³/mol. The van der Waals surface area contributed by atoms with Gasteiger partial charge in [-0.2, -0.15) is 0 Å². The van der Waals surface area contributed by atoms with Crippen molar-refractivity contribution in [2.24, 2.45) is 0 Å². The zero-order valence-corrected chi connectivity index (χ0v) is 17.9. The molecule has 0 aliphatic rings. The predicted octanol–water partition coefficient (Wildman–Crippen LogP) is 4.82. The van der Waals surface area contributed by atoms with Gasteiger partial charge in [0, 0.05) is 30.2 Å². The van der Waals surface area contributed by atoms with Gasteiger partial charge in [0.2, 0.25) is 5.91 Å². The van der Waals surface area contributed by atoms with E-state index >= 15 is 0 Å². The zero-order chi connectivity index (χ0) is 20.1. The molecule has 0 bridgehead atoms. The molecule has 0 saturated heterocycles. The summed E-state index contributed by atoms with van der Waals surface area (Å²) in [6.07, 6.45) is 0.407. The summed E-state index contributed by atoms with van der Waals surface area (Å²) in [4.78, 5) is 22.5. The van der Waals surface area contributed by atoms with E-state index in [2.05, 4.69) is 22.9 Å². The Morgan fingerprint density at radius 2 is 1.89 bits per heavy atom. The van der Waals surface area contributed by atoms with Crippen LogP contribution >= 0.6 is 23.1 Å². The number of hydrogen-bond donors (Lipinski definition) is 0. The number of halogens is 1. The van der Waals surface area contributed by atoms with Gasteiger partial charge >= 0.3 is 0 Å². The molecule has 148 valence electrons. The topological polar surface area (TPSA) is 36.4 Å². The monoisotopic (exact) mass is 417 g/mol. The van der Waals surface area contributed by atoms with Gasteiger partial charge in [0.25, 0.3) is 0 Å². The molecule has 3 aromatic rings. The normalized spacial score (nSPS) is 11.3. The minimum absolute atomic E-state index is 0.0623. The number of carbonyl (C=O) groups is 1. The second-order valence-corrected chi connectivity index (χ2v) is 9.05. The van der Waals surface area contributed by atoms with Crippen LogP contribution in [0, 0.1) is 12.7 Å². The highest BCUT2D eigenvalue weighted by atomic mass is 32.2. The molecule has 0 radical (unpaired) electrons. The summed E-state index contributed by atoms with van der Waals surface area (Å²) in [7, 11) is 3.99. The molecule has 0 atom stereocenters. The van der Waals surface area contributed by atoms with Crippen molar-refractivity contribution in [2.45, 2.75) is 18.2 Å². The smallest absolute Gasteiger partial charge is 0.229 e. The van der Waals surface area contributed by atoms with Gasteiger partial charge in [0.05, 0.1) is 10.2 Å². The van der Waals surface area contributed by atoms with Gasteiger partial charge in [0.1, 0.15) is 5.82 Å². The van der Waals surface area contributed by atoms with Crippen LogP contribution in [0.15, 0.2) is 47.4 Å². The summed E-state index contributed by atoms with van der Waals surface area (Å²) in [5.74, 6) is 0.459. The van der Waals surface area contributed by atoms with Gasteiger partial charge < -0.3 is 4.90 Å². The fraction of sp³-hybridized carbons (Fsp3) is 0.333. The Bertz CT molecular complexity index is 940. The molecule has 1 amide bonds. The molecule has 0 aliphatic carbocycles. The van der Waals surface area contributed by atoms with E-state index in [1.54, 1.807) is 40.1 Å². The van der Waals surface area contributed by atoms with Crippen LogP contribution in [-0.2, 0) is 4.79 Å². The third-order valence-electron chi connectivity index (χ3n) is 4.23. The van der Waals surface area contributed by atoms with E-state index in [4.69, 9.17) is 0 Å². The second kappa shape index (κ2) is 9.49. The van der Waals surface area contributed by atoms with E-state index in [9.17, 15) is 9.18 Å². The number of fused-ring (bicyclic) bond motifs is 1. The molecule has 1 heterocycles. The summed E-state index contributed by atoms with van der Waals surface area (Å²) >= 11 is 3.12. The van der Waals surface area contributed by atoms with Crippen LogP contribution in [0.25, 0.3) is 10.2 Å². The molecule has 4 nitrogen and oxygen atoms in total. The van der Waals surface area contributed by atoms with E-state index in [1.807, 2.05) is 26.2 Å². The van der Waals surface area contributed by atoms with Crippen molar-refractivity contribution < 1.29 is 9.18 Å². The van der Waals surface area contributed by atoms with Gasteiger partial charge in [-0.05, 0) is 63.0 Å². The molecule has 0 saturated carbocycles. The SMILES string of the molecule is Cc1ccc2nc(N(CCN(C)C)C(=O)CCSc3ccc(F)cc3)sc2c1. The van der Waals surface area contributed by atoms with Crippen LogP contribution in [0.4, 0.5) is 9.52 Å². The van der Waals surface area contributed by atoms with Crippen molar-refractivity contribution in [3.63, 3.8) is 0 Å². The number of thioether (sulfide) groups is 1. The third-order valence-corrected chi connectivity index (χ3v) is 6.29. The van der Waals surface area contributed by atoms with Crippen LogP contribution < -0.4 is 4.90 Å². The van der Waals surface area contributed by atoms with Crippen LogP contribution in [0.2, 0.25) is 0 Å². The lowest BCUT2D eigenvalue weighted by Gasteiger charge is -2.22. The van der Waals surface area contributed by atoms with Crippen molar-refractivity contribution in [3.05, 3.63) is 53.8 Å². The zero-order valence-electron chi connectivity index (χ0n) is 16.3. The molecule has 2 aromatic carbocycles. The number of likely N-dealkylation sites (N-methyl/N-ethyl adjacent to an activating group) is 1. The van der Waals surface area contributed by atoms with Crippen LogP contribution in [0.3, 0.4) is 0 Å². The quantitative estimate of drug-likeness (QED) is 0.492. The molecule has 3 rings (SSSR count). The van der Waals surface area contributed by atoms with Crippen LogP contribution in [0.5, 0.6) is 0 Å². The lowest BCUT2D eigenvalue weighted by atomic mass is 10.2. The molecule has 0 fully saturated rings. The minimum Gasteiger partial charge on any atom is -0.308 e. The molecule has 28 heavy (non-hydrogen) atoms. The van der Waals surface area contributed by atoms with Crippen LogP contribution in [0.1, 0.15) is 12.0 Å². The highest BCUT2D eigenvalue weighted by Crippen LogP contribution is 2.30. The molecule has 0 unspecified atom stereocenters. The fourth-order valence-corrected chi connectivity index (χ4v) is 4.63. The number of anilines is 1. The van der Waals surface area contributed by atoms with Gasteiger partial charge in [0.15, 0.2) is 5.13 Å². The number of carbonyl (C=O) groups excluding carboxylic acids is 1. The molecule has 0 spiro atoms. The highest BCUT2D eigenvalue weighted by Gasteiger charge is 2.19. The lowest BCUT2D eigenvalue weighted by molar-refractivity contribution is -0.118. The number of aromatic nitrogens is 1. The average Bonchev–Trinajstić information content (AvgIpc) is 3.06. The standard InChI is InChI=1S/C21H24FN3OS2/c1-15-4-9-18-19(14-15)28-21(23-18)25(12-11-24(2)3)20(26)10-13-27-17-7-5-16(22)6-8-17/h4-9,14H,10-13H2,1-3H3. The van der Waals surface area contributed by atoms with Crippen molar-refractivity contribution >= 4 is 44.4 Å². The van der Waals surface area contributed by atoms with E-state index < -0.39 is 0 Å². The number of aryl methyl sites for hydroxylation is 1. The Labute approximate surface area is 173 Å². The first-order chi connectivity index (χ1) is 13.4. The number of thiazole rings is 1. The fourth-order valence-electron chi connectivity index (χ4n) is 2.68. The number of nitrogens with zero attached hydrogens (tertiary/aromatic N) is 3. The van der Waals surface area contributed by atoms with Crippen molar-refractivity contribution in [1.29, 1.82) is 0 Å². The number of amides is 1. The summed E-state index contributed by atoms with van der Waals surface area (Å²) < 4.78 is 14.1. The first-order valence-corrected chi connectivity index (χ1v) is 10.9. The Balaban J connectivity index is 1.70. The summed E-state index contributed by atoms with van der Waals surface area (Å²) in [6, 6.07) is 12.5. The number of hydrogen-bond acceptors (Lipinski definition) is 5. The molecular weight excluding hydrogens is 393 g/mol. The maximum absolute atomic E-state index is 13.0. The minimum atomic E-state index is -0.249. The highest BCUT2D eigenvalue weighted by molar-refractivity contribution is 7.99. The lowest BCUT2D eigenvalue weighted by Crippen LogP contribution is -2.36.